The molecule has 0 saturated heterocycles. The van der Waals surface area contributed by atoms with Gasteiger partial charge >= 0.3 is 5.97 Å². The first-order valence-electron chi connectivity index (χ1n) is 10.9. The Kier molecular flexibility index (Phi) is 4.69. The Morgan fingerprint density at radius 2 is 2.00 bits per heavy atom. The summed E-state index contributed by atoms with van der Waals surface area (Å²) in [5, 5.41) is 11.4. The molecule has 0 aromatic heterocycles. The largest absolute Gasteiger partial charge is 0.450 e. The van der Waals surface area contributed by atoms with Gasteiger partial charge in [-0.1, -0.05) is 32.4 Å². The Morgan fingerprint density at radius 1 is 1.28 bits per heavy atom. The lowest BCUT2D eigenvalue weighted by Crippen LogP contribution is -2.62. The quantitative estimate of drug-likeness (QED) is 0.733. The Bertz CT molecular complexity index is 825. The van der Waals surface area contributed by atoms with E-state index in [0.717, 1.165) is 24.8 Å². The number of Topliss-reactive ketones (excluding diaryl/α,β-unsaturated/α-hetero) is 1. The summed E-state index contributed by atoms with van der Waals surface area (Å²) in [5.41, 5.74) is -0.941. The minimum absolute atomic E-state index is 0.00885. The van der Waals surface area contributed by atoms with E-state index in [9.17, 15) is 19.5 Å². The highest BCUT2D eigenvalue weighted by Gasteiger charge is 2.69. The lowest BCUT2D eigenvalue weighted by atomic mass is 9.46. The van der Waals surface area contributed by atoms with Gasteiger partial charge in [0, 0.05) is 23.2 Å². The predicted molar refractivity (Wildman–Crippen MR) is 108 cm³/mol. The zero-order chi connectivity index (χ0) is 21.2. The van der Waals surface area contributed by atoms with Crippen LogP contribution in [-0.2, 0) is 19.1 Å². The molecule has 0 amide bonds. The van der Waals surface area contributed by atoms with Crippen LogP contribution in [0.15, 0.2) is 23.8 Å². The fourth-order valence-electron chi connectivity index (χ4n) is 7.40. The van der Waals surface area contributed by atoms with Crippen LogP contribution < -0.4 is 0 Å². The van der Waals surface area contributed by atoms with Crippen molar-refractivity contribution in [3.05, 3.63) is 23.8 Å². The second kappa shape index (κ2) is 6.63. The average molecular weight is 401 g/mol. The number of aliphatic hydroxyl groups is 1. The van der Waals surface area contributed by atoms with Gasteiger partial charge in [0.05, 0.1) is 6.10 Å². The van der Waals surface area contributed by atoms with Gasteiger partial charge in [-0.2, -0.15) is 0 Å². The van der Waals surface area contributed by atoms with E-state index in [1.807, 2.05) is 13.0 Å². The lowest BCUT2D eigenvalue weighted by molar-refractivity contribution is -0.197. The molecule has 158 valence electrons. The molecule has 3 fully saturated rings. The molecule has 0 spiro atoms. The maximum atomic E-state index is 12.9. The van der Waals surface area contributed by atoms with Crippen molar-refractivity contribution in [1.82, 2.24) is 0 Å². The molecular formula is C24H32O5. The Morgan fingerprint density at radius 3 is 2.66 bits per heavy atom. The number of ether oxygens (including phenoxy) is 1. The van der Waals surface area contributed by atoms with Crippen LogP contribution in [0.1, 0.15) is 66.2 Å². The number of rotatable bonds is 3. The molecule has 0 heterocycles. The van der Waals surface area contributed by atoms with Crippen molar-refractivity contribution in [1.29, 1.82) is 0 Å². The first kappa shape index (κ1) is 20.5. The van der Waals surface area contributed by atoms with Gasteiger partial charge in [0.25, 0.3) is 0 Å². The predicted octanol–water partition coefficient (Wildman–Crippen LogP) is 3.55. The molecule has 0 aliphatic heterocycles. The first-order chi connectivity index (χ1) is 13.6. The minimum atomic E-state index is -1.15. The van der Waals surface area contributed by atoms with E-state index in [-0.39, 0.29) is 47.1 Å². The van der Waals surface area contributed by atoms with Gasteiger partial charge in [0.2, 0.25) is 0 Å². The summed E-state index contributed by atoms with van der Waals surface area (Å²) in [6.45, 7) is 7.44. The maximum Gasteiger partial charge on any atom is 0.306 e. The summed E-state index contributed by atoms with van der Waals surface area (Å²) in [7, 11) is 0. The molecule has 3 saturated carbocycles. The summed E-state index contributed by atoms with van der Waals surface area (Å²) >= 11 is 0. The highest BCUT2D eigenvalue weighted by Crippen LogP contribution is 2.67. The van der Waals surface area contributed by atoms with Crippen molar-refractivity contribution in [3.8, 4) is 0 Å². The summed E-state index contributed by atoms with van der Waals surface area (Å²) in [5.74, 6) is -0.00307. The third-order valence-corrected chi connectivity index (χ3v) is 8.76. The number of ketones is 2. The molecule has 0 unspecified atom stereocenters. The highest BCUT2D eigenvalue weighted by atomic mass is 16.6. The summed E-state index contributed by atoms with van der Waals surface area (Å²) in [6.07, 6.45) is 8.46. The number of carbonyl (C=O) groups excluding carboxylic acids is 3. The third kappa shape index (κ3) is 2.66. The van der Waals surface area contributed by atoms with Crippen LogP contribution in [0.2, 0.25) is 0 Å². The molecule has 1 N–H and O–H groups in total. The molecule has 0 aromatic carbocycles. The van der Waals surface area contributed by atoms with Gasteiger partial charge in [-0.05, 0) is 63.0 Å². The van der Waals surface area contributed by atoms with Gasteiger partial charge in [-0.15, -0.1) is 0 Å². The third-order valence-electron chi connectivity index (χ3n) is 8.76. The summed E-state index contributed by atoms with van der Waals surface area (Å²) < 4.78 is 5.89. The summed E-state index contributed by atoms with van der Waals surface area (Å²) in [4.78, 5) is 37.0. The van der Waals surface area contributed by atoms with Crippen LogP contribution in [0, 0.1) is 28.6 Å². The van der Waals surface area contributed by atoms with Crippen molar-refractivity contribution in [2.24, 2.45) is 28.6 Å². The zero-order valence-corrected chi connectivity index (χ0v) is 17.9. The van der Waals surface area contributed by atoms with Crippen LogP contribution >= 0.6 is 0 Å². The summed E-state index contributed by atoms with van der Waals surface area (Å²) in [6, 6.07) is 0. The normalized spacial score (nSPS) is 45.7. The molecule has 4 aliphatic rings. The fourth-order valence-corrected chi connectivity index (χ4v) is 7.40. The molecule has 4 aliphatic carbocycles. The van der Waals surface area contributed by atoms with E-state index in [1.54, 1.807) is 19.1 Å². The van der Waals surface area contributed by atoms with Crippen molar-refractivity contribution >= 4 is 17.5 Å². The Hall–Kier alpha value is -1.75. The number of fused-ring (bicyclic) bond motifs is 5. The first-order valence-corrected chi connectivity index (χ1v) is 10.9. The second-order valence-electron chi connectivity index (χ2n) is 9.96. The lowest BCUT2D eigenvalue weighted by Gasteiger charge is -2.59. The SMILES string of the molecule is CCC(=O)O[C@]1(C(C)=O)CC[C@H]2[C@@H]3CCC4=CC(=O)C=C[C@@]4(C)[C@H]3[C@@H](O)C[C@]21C. The van der Waals surface area contributed by atoms with Crippen molar-refractivity contribution < 1.29 is 24.2 Å². The van der Waals surface area contributed by atoms with Crippen LogP contribution in [0.4, 0.5) is 0 Å². The smallest absolute Gasteiger partial charge is 0.306 e. The molecule has 0 aromatic rings. The van der Waals surface area contributed by atoms with E-state index < -0.39 is 17.1 Å². The van der Waals surface area contributed by atoms with Gasteiger partial charge in [-0.25, -0.2) is 0 Å². The monoisotopic (exact) mass is 400 g/mol. The molecule has 7 atom stereocenters. The van der Waals surface area contributed by atoms with E-state index in [0.29, 0.717) is 12.8 Å². The molecular weight excluding hydrogens is 368 g/mol. The van der Waals surface area contributed by atoms with Crippen molar-refractivity contribution in [2.75, 3.05) is 0 Å². The molecule has 29 heavy (non-hydrogen) atoms. The molecule has 5 heteroatoms. The van der Waals surface area contributed by atoms with E-state index in [2.05, 4.69) is 6.92 Å². The van der Waals surface area contributed by atoms with E-state index in [1.165, 1.54) is 6.92 Å². The van der Waals surface area contributed by atoms with Crippen molar-refractivity contribution in [2.45, 2.75) is 77.9 Å². The van der Waals surface area contributed by atoms with E-state index >= 15 is 0 Å². The highest BCUT2D eigenvalue weighted by molar-refractivity contribution is 6.01. The Balaban J connectivity index is 1.75. The molecule has 4 rings (SSSR count). The second-order valence-corrected chi connectivity index (χ2v) is 9.96. The Labute approximate surface area is 172 Å². The number of aliphatic hydroxyl groups excluding tert-OH is 1. The maximum absolute atomic E-state index is 12.9. The topological polar surface area (TPSA) is 80.7 Å². The number of esters is 1. The van der Waals surface area contributed by atoms with Crippen molar-refractivity contribution in [3.63, 3.8) is 0 Å². The number of carbonyl (C=O) groups is 3. The number of hydrogen-bond acceptors (Lipinski definition) is 5. The van der Waals surface area contributed by atoms with Crippen LogP contribution in [-0.4, -0.2) is 34.3 Å². The van der Waals surface area contributed by atoms with Gasteiger partial charge < -0.3 is 9.84 Å². The zero-order valence-electron chi connectivity index (χ0n) is 17.9. The standard InChI is InChI=1S/C24H32O5/c1-5-20(28)29-24(14(2)25)11-9-18-17-7-6-15-12-16(26)8-10-22(15,3)21(17)19(27)13-23(18,24)4/h8,10,12,17-19,21,27H,5-7,9,11,13H2,1-4H3/t17-,18-,19-,21+,22+,23+,24-/m0/s1. The number of hydrogen-bond donors (Lipinski definition) is 1. The van der Waals surface area contributed by atoms with Crippen LogP contribution in [0.3, 0.4) is 0 Å². The van der Waals surface area contributed by atoms with Gasteiger partial charge in [-0.3, -0.25) is 14.4 Å². The van der Waals surface area contributed by atoms with Crippen LogP contribution in [0.5, 0.6) is 0 Å². The van der Waals surface area contributed by atoms with E-state index in [4.69, 9.17) is 4.74 Å². The molecule has 0 radical (unpaired) electrons. The van der Waals surface area contributed by atoms with Gasteiger partial charge in [0.15, 0.2) is 17.2 Å². The fraction of sp³-hybridized carbons (Fsp3) is 0.708. The van der Waals surface area contributed by atoms with Gasteiger partial charge in [0.1, 0.15) is 0 Å². The minimum Gasteiger partial charge on any atom is -0.450 e. The molecule has 5 nitrogen and oxygen atoms in total. The van der Waals surface area contributed by atoms with Crippen LogP contribution in [0.25, 0.3) is 0 Å². The average Bonchev–Trinajstić information content (AvgIpc) is 2.94. The molecule has 0 bridgehead atoms. The number of allylic oxidation sites excluding steroid dienone is 4.